The lowest BCUT2D eigenvalue weighted by atomic mass is 10.2. The van der Waals surface area contributed by atoms with Gasteiger partial charge in [0.25, 0.3) is 0 Å². The van der Waals surface area contributed by atoms with Crippen molar-refractivity contribution in [2.45, 2.75) is 18.6 Å². The molecule has 2 N–H and O–H groups in total. The van der Waals surface area contributed by atoms with Crippen molar-refractivity contribution in [3.63, 3.8) is 0 Å². The van der Waals surface area contributed by atoms with Crippen molar-refractivity contribution in [2.75, 3.05) is 6.54 Å². The summed E-state index contributed by atoms with van der Waals surface area (Å²) in [5, 5.41) is 20.5. The van der Waals surface area contributed by atoms with Crippen LogP contribution in [0.15, 0.2) is 16.9 Å². The minimum atomic E-state index is -0.339. The molecule has 17 heavy (non-hydrogen) atoms. The van der Waals surface area contributed by atoms with Crippen LogP contribution >= 0.6 is 0 Å². The lowest BCUT2D eigenvalue weighted by molar-refractivity contribution is 0.191. The van der Waals surface area contributed by atoms with Gasteiger partial charge >= 0.3 is 0 Å². The average molecular weight is 235 g/mol. The predicted molar refractivity (Wildman–Crippen MR) is 57.9 cm³/mol. The SMILES string of the molecule is Cn1cc(-c2noc([C@H]3C[C@@H](O)CN3)n2)cn1. The van der Waals surface area contributed by atoms with Crippen molar-refractivity contribution < 1.29 is 9.63 Å². The van der Waals surface area contributed by atoms with Crippen molar-refractivity contribution in [3.8, 4) is 11.4 Å². The van der Waals surface area contributed by atoms with Crippen LogP contribution in [-0.2, 0) is 7.05 Å². The molecule has 7 heteroatoms. The van der Waals surface area contributed by atoms with Crippen molar-refractivity contribution in [1.82, 2.24) is 25.2 Å². The molecular formula is C10H13N5O2. The van der Waals surface area contributed by atoms with Gasteiger partial charge in [-0.05, 0) is 6.42 Å². The second-order valence-corrected chi connectivity index (χ2v) is 4.21. The highest BCUT2D eigenvalue weighted by Gasteiger charge is 2.28. The van der Waals surface area contributed by atoms with Crippen molar-refractivity contribution in [2.24, 2.45) is 7.05 Å². The minimum absolute atomic E-state index is 0.0529. The monoisotopic (exact) mass is 235 g/mol. The van der Waals surface area contributed by atoms with Crippen LogP contribution in [0.25, 0.3) is 11.4 Å². The van der Waals surface area contributed by atoms with Gasteiger partial charge in [-0.1, -0.05) is 5.16 Å². The molecule has 2 aromatic rings. The molecule has 0 amide bonds. The number of aliphatic hydroxyl groups is 1. The highest BCUT2D eigenvalue weighted by molar-refractivity contribution is 5.51. The number of aliphatic hydroxyl groups excluding tert-OH is 1. The Bertz CT molecular complexity index is 520. The first-order valence-corrected chi connectivity index (χ1v) is 5.46. The van der Waals surface area contributed by atoms with Crippen molar-refractivity contribution in [1.29, 1.82) is 0 Å². The number of rotatable bonds is 2. The molecule has 2 aromatic heterocycles. The van der Waals surface area contributed by atoms with Gasteiger partial charge in [-0.2, -0.15) is 10.1 Å². The lowest BCUT2D eigenvalue weighted by Crippen LogP contribution is -2.15. The van der Waals surface area contributed by atoms with Crippen LogP contribution in [0.5, 0.6) is 0 Å². The normalized spacial score (nSPS) is 24.4. The fraction of sp³-hybridized carbons (Fsp3) is 0.500. The van der Waals surface area contributed by atoms with Gasteiger partial charge < -0.3 is 14.9 Å². The van der Waals surface area contributed by atoms with Crippen LogP contribution in [0, 0.1) is 0 Å². The Morgan fingerprint density at radius 3 is 3.12 bits per heavy atom. The highest BCUT2D eigenvalue weighted by Crippen LogP contribution is 2.24. The summed E-state index contributed by atoms with van der Waals surface area (Å²) < 4.78 is 6.87. The van der Waals surface area contributed by atoms with E-state index >= 15 is 0 Å². The summed E-state index contributed by atoms with van der Waals surface area (Å²) in [7, 11) is 1.83. The summed E-state index contributed by atoms with van der Waals surface area (Å²) in [6.45, 7) is 0.565. The van der Waals surface area contributed by atoms with Crippen LogP contribution in [0.3, 0.4) is 0 Å². The topological polar surface area (TPSA) is 89.0 Å². The molecule has 0 unspecified atom stereocenters. The second-order valence-electron chi connectivity index (χ2n) is 4.21. The van der Waals surface area contributed by atoms with Crippen LogP contribution in [0.2, 0.25) is 0 Å². The first-order chi connectivity index (χ1) is 8.22. The molecule has 0 bridgehead atoms. The van der Waals surface area contributed by atoms with Gasteiger partial charge in [-0.15, -0.1) is 0 Å². The molecule has 1 fully saturated rings. The van der Waals surface area contributed by atoms with E-state index in [1.807, 2.05) is 13.2 Å². The summed E-state index contributed by atoms with van der Waals surface area (Å²) >= 11 is 0. The number of nitrogens with one attached hydrogen (secondary N) is 1. The molecule has 7 nitrogen and oxygen atoms in total. The minimum Gasteiger partial charge on any atom is -0.392 e. The van der Waals surface area contributed by atoms with Crippen molar-refractivity contribution >= 4 is 0 Å². The maximum atomic E-state index is 9.42. The van der Waals surface area contributed by atoms with Crippen LogP contribution < -0.4 is 5.32 Å². The molecule has 90 valence electrons. The number of hydrogen-bond donors (Lipinski definition) is 2. The molecule has 0 spiro atoms. The molecule has 3 heterocycles. The Morgan fingerprint density at radius 2 is 2.47 bits per heavy atom. The largest absolute Gasteiger partial charge is 0.392 e. The number of aryl methyl sites for hydroxylation is 1. The smallest absolute Gasteiger partial charge is 0.244 e. The third-order valence-electron chi connectivity index (χ3n) is 2.81. The third kappa shape index (κ3) is 1.94. The number of hydrogen-bond acceptors (Lipinski definition) is 6. The number of aromatic nitrogens is 4. The van der Waals surface area contributed by atoms with Gasteiger partial charge in [0, 0.05) is 19.8 Å². The molecule has 3 rings (SSSR count). The molecule has 0 aromatic carbocycles. The summed E-state index contributed by atoms with van der Waals surface area (Å²) in [4.78, 5) is 4.31. The van der Waals surface area contributed by atoms with Gasteiger partial charge in [-0.3, -0.25) is 4.68 Å². The van der Waals surface area contributed by atoms with E-state index in [1.54, 1.807) is 10.9 Å². The number of nitrogens with zero attached hydrogens (tertiary/aromatic N) is 4. The molecule has 1 aliphatic heterocycles. The fourth-order valence-electron chi connectivity index (χ4n) is 1.94. The van der Waals surface area contributed by atoms with E-state index in [2.05, 4.69) is 20.6 Å². The van der Waals surface area contributed by atoms with Gasteiger partial charge in [0.15, 0.2) is 0 Å². The van der Waals surface area contributed by atoms with Gasteiger partial charge in [0.05, 0.1) is 23.9 Å². The van der Waals surface area contributed by atoms with Crippen LogP contribution in [0.4, 0.5) is 0 Å². The standard InChI is InChI=1S/C10H13N5O2/c1-15-5-6(3-12-15)9-13-10(17-14-9)8-2-7(16)4-11-8/h3,5,7-8,11,16H,2,4H2,1H3/t7-,8-/m1/s1. The quantitative estimate of drug-likeness (QED) is 0.753. The maximum Gasteiger partial charge on any atom is 0.244 e. The molecule has 1 saturated heterocycles. The first-order valence-electron chi connectivity index (χ1n) is 5.46. The van der Waals surface area contributed by atoms with E-state index in [1.165, 1.54) is 0 Å². The zero-order valence-corrected chi connectivity index (χ0v) is 9.37. The van der Waals surface area contributed by atoms with Crippen molar-refractivity contribution in [3.05, 3.63) is 18.3 Å². The van der Waals surface area contributed by atoms with E-state index in [9.17, 15) is 5.11 Å². The average Bonchev–Trinajstić information content (AvgIpc) is 2.96. The predicted octanol–water partition coefficient (Wildman–Crippen LogP) is -0.135. The lowest BCUT2D eigenvalue weighted by Gasteiger charge is -2.01. The van der Waals surface area contributed by atoms with Gasteiger partial charge in [0.1, 0.15) is 0 Å². The Kier molecular flexibility index (Phi) is 2.41. The molecule has 0 radical (unpaired) electrons. The zero-order chi connectivity index (χ0) is 11.8. The Hall–Kier alpha value is -1.73. The molecule has 1 aliphatic rings. The second kappa shape index (κ2) is 3.94. The van der Waals surface area contributed by atoms with E-state index < -0.39 is 0 Å². The third-order valence-corrected chi connectivity index (χ3v) is 2.81. The highest BCUT2D eigenvalue weighted by atomic mass is 16.5. The molecular weight excluding hydrogens is 222 g/mol. The summed E-state index contributed by atoms with van der Waals surface area (Å²) in [5.41, 5.74) is 0.820. The summed E-state index contributed by atoms with van der Waals surface area (Å²) in [6, 6.07) is -0.0529. The fourth-order valence-corrected chi connectivity index (χ4v) is 1.94. The summed E-state index contributed by atoms with van der Waals surface area (Å²) in [5.74, 6) is 1.04. The van der Waals surface area contributed by atoms with E-state index in [0.717, 1.165) is 5.56 Å². The Balaban J connectivity index is 1.83. The first kappa shape index (κ1) is 10.4. The van der Waals surface area contributed by atoms with Crippen LogP contribution in [-0.4, -0.2) is 37.7 Å². The molecule has 0 saturated carbocycles. The molecule has 0 aliphatic carbocycles. The number of β-amino-alcohol motifs (C(OH)–C–C–N with tert-alkyl or cyclic N) is 1. The Labute approximate surface area is 97.4 Å². The van der Waals surface area contributed by atoms with E-state index in [-0.39, 0.29) is 12.1 Å². The molecule has 2 atom stereocenters. The van der Waals surface area contributed by atoms with E-state index in [0.29, 0.717) is 24.7 Å². The van der Waals surface area contributed by atoms with Crippen LogP contribution in [0.1, 0.15) is 18.4 Å². The van der Waals surface area contributed by atoms with E-state index in [4.69, 9.17) is 4.52 Å². The Morgan fingerprint density at radius 1 is 1.59 bits per heavy atom. The zero-order valence-electron chi connectivity index (χ0n) is 9.37. The van der Waals surface area contributed by atoms with Gasteiger partial charge in [-0.25, -0.2) is 0 Å². The summed E-state index contributed by atoms with van der Waals surface area (Å²) in [6.07, 6.45) is 3.78. The van der Waals surface area contributed by atoms with Gasteiger partial charge in [0.2, 0.25) is 11.7 Å². The maximum absolute atomic E-state index is 9.42.